The molecule has 1 aliphatic heterocycles. The van der Waals surface area contributed by atoms with E-state index in [1.54, 1.807) is 14.0 Å². The summed E-state index contributed by atoms with van der Waals surface area (Å²) in [5, 5.41) is 2.73. The Balaban J connectivity index is 2.33. The highest BCUT2D eigenvalue weighted by atomic mass is 19.4. The Hall–Kier alpha value is -1.86. The Morgan fingerprint density at radius 1 is 1.41 bits per heavy atom. The van der Waals surface area contributed by atoms with Gasteiger partial charge in [0.05, 0.1) is 5.92 Å². The van der Waals surface area contributed by atoms with Crippen molar-refractivity contribution >= 4 is 11.9 Å². The number of rotatable bonds is 2. The molecule has 1 amide bonds. The lowest BCUT2D eigenvalue weighted by molar-refractivity contribution is -0.189. The van der Waals surface area contributed by atoms with Gasteiger partial charge in [-0.05, 0) is 33.3 Å². The zero-order chi connectivity index (χ0) is 16.7. The third kappa shape index (κ3) is 2.86. The molecule has 1 saturated heterocycles. The van der Waals surface area contributed by atoms with Crippen LogP contribution in [0.3, 0.4) is 0 Å². The number of aryl methyl sites for hydroxylation is 1. The molecule has 0 aromatic carbocycles. The molecule has 0 saturated carbocycles. The predicted molar refractivity (Wildman–Crippen MR) is 75.6 cm³/mol. The largest absolute Gasteiger partial charge is 0.394 e. The van der Waals surface area contributed by atoms with Crippen LogP contribution in [0.4, 0.5) is 19.1 Å². The van der Waals surface area contributed by atoms with Crippen molar-refractivity contribution in [2.75, 3.05) is 18.9 Å². The van der Waals surface area contributed by atoms with Gasteiger partial charge in [-0.25, -0.2) is 9.97 Å². The number of aromatic nitrogens is 2. The summed E-state index contributed by atoms with van der Waals surface area (Å²) >= 11 is 0. The molecule has 2 heterocycles. The van der Waals surface area contributed by atoms with Crippen LogP contribution < -0.4 is 5.32 Å². The smallest absolute Gasteiger partial charge is 0.357 e. The molecule has 1 aliphatic rings. The average Bonchev–Trinajstić information content (AvgIpc) is 2.72. The Kier molecular flexibility index (Phi) is 4.06. The molecule has 1 fully saturated rings. The number of anilines is 1. The first kappa shape index (κ1) is 16.5. The predicted octanol–water partition coefficient (Wildman–Crippen LogP) is 2.63. The van der Waals surface area contributed by atoms with Crippen LogP contribution in [0.5, 0.6) is 0 Å². The van der Waals surface area contributed by atoms with Crippen molar-refractivity contribution in [1.29, 1.82) is 0 Å². The molecule has 2 rings (SSSR count). The Labute approximate surface area is 126 Å². The summed E-state index contributed by atoms with van der Waals surface area (Å²) in [6.45, 7) is 4.66. The second-order valence-electron chi connectivity index (χ2n) is 5.96. The number of nitrogens with zero attached hydrogens (tertiary/aromatic N) is 3. The van der Waals surface area contributed by atoms with Crippen molar-refractivity contribution < 1.29 is 18.0 Å². The third-order valence-electron chi connectivity index (χ3n) is 4.13. The van der Waals surface area contributed by atoms with Crippen molar-refractivity contribution in [3.8, 4) is 0 Å². The van der Waals surface area contributed by atoms with Gasteiger partial charge >= 0.3 is 6.18 Å². The van der Waals surface area contributed by atoms with Gasteiger partial charge in [0.2, 0.25) is 5.95 Å². The van der Waals surface area contributed by atoms with Crippen molar-refractivity contribution in [2.45, 2.75) is 38.9 Å². The molecule has 1 atom stereocenters. The molecule has 0 radical (unpaired) electrons. The number of hydrogen-bond donors (Lipinski definition) is 1. The molecular weight excluding hydrogens is 297 g/mol. The molecule has 1 aromatic rings. The van der Waals surface area contributed by atoms with Crippen molar-refractivity contribution in [2.24, 2.45) is 5.92 Å². The van der Waals surface area contributed by atoms with Crippen LogP contribution in [-0.4, -0.2) is 46.1 Å². The van der Waals surface area contributed by atoms with E-state index in [9.17, 15) is 18.0 Å². The Morgan fingerprint density at radius 2 is 2.05 bits per heavy atom. The fourth-order valence-electron chi connectivity index (χ4n) is 2.94. The zero-order valence-corrected chi connectivity index (χ0v) is 13.0. The number of likely N-dealkylation sites (tertiary alicyclic amines) is 1. The molecule has 122 valence electrons. The van der Waals surface area contributed by atoms with Crippen molar-refractivity contribution in [3.63, 3.8) is 0 Å². The summed E-state index contributed by atoms with van der Waals surface area (Å²) in [6, 6.07) is 1.49. The van der Waals surface area contributed by atoms with Gasteiger partial charge in [0.15, 0.2) is 0 Å². The topological polar surface area (TPSA) is 58.1 Å². The number of carbonyl (C=O) groups is 1. The van der Waals surface area contributed by atoms with Crippen LogP contribution in [0.25, 0.3) is 0 Å². The third-order valence-corrected chi connectivity index (χ3v) is 4.13. The molecule has 0 spiro atoms. The number of alkyl halides is 3. The minimum absolute atomic E-state index is 0.0634. The Morgan fingerprint density at radius 3 is 2.55 bits per heavy atom. The molecule has 5 nitrogen and oxygen atoms in total. The summed E-state index contributed by atoms with van der Waals surface area (Å²) in [5.41, 5.74) is -0.617. The molecule has 0 bridgehead atoms. The first-order chi connectivity index (χ1) is 10.1. The van der Waals surface area contributed by atoms with Gasteiger partial charge in [-0.3, -0.25) is 4.79 Å². The van der Waals surface area contributed by atoms with E-state index < -0.39 is 23.5 Å². The highest BCUT2D eigenvalue weighted by Gasteiger charge is 2.56. The lowest BCUT2D eigenvalue weighted by Crippen LogP contribution is -2.50. The number of amides is 1. The van der Waals surface area contributed by atoms with Gasteiger partial charge in [-0.1, -0.05) is 0 Å². The van der Waals surface area contributed by atoms with Gasteiger partial charge < -0.3 is 10.2 Å². The number of hydrogen-bond acceptors (Lipinski definition) is 4. The van der Waals surface area contributed by atoms with Gasteiger partial charge in [-0.15, -0.1) is 0 Å². The molecule has 0 aliphatic carbocycles. The number of halogens is 3. The SMILES string of the molecule is CNc1nc(C)cc(C(=O)N2CC[C@H](C(F)(F)F)C2(C)C)n1. The van der Waals surface area contributed by atoms with Gasteiger partial charge in [0, 0.05) is 24.8 Å². The average molecular weight is 316 g/mol. The second-order valence-corrected chi connectivity index (χ2v) is 5.96. The molecular formula is C14H19F3N4O. The first-order valence-electron chi connectivity index (χ1n) is 6.99. The molecule has 1 aromatic heterocycles. The molecule has 22 heavy (non-hydrogen) atoms. The molecule has 1 N–H and O–H groups in total. The summed E-state index contributed by atoms with van der Waals surface area (Å²) in [5.74, 6) is -1.76. The monoisotopic (exact) mass is 316 g/mol. The van der Waals surface area contributed by atoms with Crippen LogP contribution in [-0.2, 0) is 0 Å². The summed E-state index contributed by atoms with van der Waals surface area (Å²) in [7, 11) is 1.61. The molecule has 8 heteroatoms. The van der Waals surface area contributed by atoms with Crippen LogP contribution >= 0.6 is 0 Å². The standard InChI is InChI=1S/C14H19F3N4O/c1-8-7-9(20-12(18-4)19-8)11(22)21-6-5-10(13(21,2)3)14(15,16)17/h7,10H,5-6H2,1-4H3,(H,18,19,20)/t10-/m0/s1. The van der Waals surface area contributed by atoms with Crippen molar-refractivity contribution in [3.05, 3.63) is 17.5 Å². The summed E-state index contributed by atoms with van der Waals surface area (Å²) in [6.07, 6.45) is -4.42. The highest BCUT2D eigenvalue weighted by molar-refractivity contribution is 5.93. The van der Waals surface area contributed by atoms with E-state index >= 15 is 0 Å². The number of carbonyl (C=O) groups excluding carboxylic acids is 1. The van der Waals surface area contributed by atoms with E-state index in [0.29, 0.717) is 5.69 Å². The lowest BCUT2D eigenvalue weighted by atomic mass is 9.88. The minimum Gasteiger partial charge on any atom is -0.357 e. The first-order valence-corrected chi connectivity index (χ1v) is 6.99. The number of nitrogens with one attached hydrogen (secondary N) is 1. The van der Waals surface area contributed by atoms with Crippen LogP contribution in [0.15, 0.2) is 6.07 Å². The lowest BCUT2D eigenvalue weighted by Gasteiger charge is -2.36. The maximum Gasteiger partial charge on any atom is 0.394 e. The van der Waals surface area contributed by atoms with Gasteiger partial charge in [-0.2, -0.15) is 13.2 Å². The van der Waals surface area contributed by atoms with Crippen LogP contribution in [0.1, 0.15) is 36.5 Å². The van der Waals surface area contributed by atoms with Crippen LogP contribution in [0.2, 0.25) is 0 Å². The minimum atomic E-state index is -4.32. The molecule has 0 unspecified atom stereocenters. The maximum atomic E-state index is 13.1. The summed E-state index contributed by atoms with van der Waals surface area (Å²) < 4.78 is 39.3. The van der Waals surface area contributed by atoms with E-state index in [-0.39, 0.29) is 24.6 Å². The van der Waals surface area contributed by atoms with E-state index in [2.05, 4.69) is 15.3 Å². The van der Waals surface area contributed by atoms with Crippen molar-refractivity contribution in [1.82, 2.24) is 14.9 Å². The van der Waals surface area contributed by atoms with E-state index in [0.717, 1.165) is 0 Å². The fourth-order valence-corrected chi connectivity index (χ4v) is 2.94. The van der Waals surface area contributed by atoms with E-state index in [1.165, 1.54) is 24.8 Å². The van der Waals surface area contributed by atoms with Gasteiger partial charge in [0.1, 0.15) is 5.69 Å². The quantitative estimate of drug-likeness (QED) is 0.911. The van der Waals surface area contributed by atoms with E-state index in [4.69, 9.17) is 0 Å². The van der Waals surface area contributed by atoms with Crippen LogP contribution in [0, 0.1) is 12.8 Å². The van der Waals surface area contributed by atoms with E-state index in [1.807, 2.05) is 0 Å². The highest BCUT2D eigenvalue weighted by Crippen LogP contribution is 2.45. The maximum absolute atomic E-state index is 13.1. The Bertz CT molecular complexity index is 586. The normalized spacial score (nSPS) is 21.0. The second kappa shape index (κ2) is 5.40. The zero-order valence-electron chi connectivity index (χ0n) is 13.0. The summed E-state index contributed by atoms with van der Waals surface area (Å²) in [4.78, 5) is 22.0. The fraction of sp³-hybridized carbons (Fsp3) is 0.643. The van der Waals surface area contributed by atoms with Gasteiger partial charge in [0.25, 0.3) is 5.91 Å².